The number of rotatable bonds is 10. The van der Waals surface area contributed by atoms with Gasteiger partial charge in [0.25, 0.3) is 0 Å². The summed E-state index contributed by atoms with van der Waals surface area (Å²) >= 11 is 0. The lowest BCUT2D eigenvalue weighted by Crippen LogP contribution is -2.28. The predicted molar refractivity (Wildman–Crippen MR) is 67.3 cm³/mol. The van der Waals surface area contributed by atoms with E-state index < -0.39 is 5.97 Å². The molecule has 0 atom stereocenters. The van der Waals surface area contributed by atoms with E-state index in [2.05, 4.69) is 11.8 Å². The number of nitrogens with zero attached hydrogens (tertiary/aromatic N) is 1. The molecule has 0 radical (unpaired) electrons. The van der Waals surface area contributed by atoms with Crippen LogP contribution in [0.5, 0.6) is 0 Å². The van der Waals surface area contributed by atoms with Gasteiger partial charge in [-0.15, -0.1) is 12.4 Å². The monoisotopic (exact) mass is 253 g/mol. The molecule has 1 N–H and O–H groups in total. The van der Waals surface area contributed by atoms with Crippen LogP contribution in [-0.4, -0.2) is 48.8 Å². The van der Waals surface area contributed by atoms with E-state index in [0.717, 1.165) is 45.7 Å². The van der Waals surface area contributed by atoms with Gasteiger partial charge in [-0.3, -0.25) is 4.79 Å². The molecule has 0 heterocycles. The molecule has 0 rings (SSSR count). The molecule has 0 aliphatic carbocycles. The molecule has 0 amide bonds. The SMILES string of the molecule is CCOCCN(CC)CCCCC(=O)O.Cl. The molecule has 0 fully saturated rings. The van der Waals surface area contributed by atoms with Crippen molar-refractivity contribution in [3.8, 4) is 0 Å². The summed E-state index contributed by atoms with van der Waals surface area (Å²) in [4.78, 5) is 12.6. The first-order valence-corrected chi connectivity index (χ1v) is 5.72. The van der Waals surface area contributed by atoms with Gasteiger partial charge in [-0.05, 0) is 32.9 Å². The van der Waals surface area contributed by atoms with Crippen LogP contribution in [0.15, 0.2) is 0 Å². The third-order valence-electron chi connectivity index (χ3n) is 2.32. The van der Waals surface area contributed by atoms with Crippen LogP contribution >= 0.6 is 12.4 Å². The lowest BCUT2D eigenvalue weighted by Gasteiger charge is -2.19. The van der Waals surface area contributed by atoms with Crippen molar-refractivity contribution in [3.63, 3.8) is 0 Å². The summed E-state index contributed by atoms with van der Waals surface area (Å²) in [5.41, 5.74) is 0. The van der Waals surface area contributed by atoms with E-state index in [1.807, 2.05) is 6.92 Å². The lowest BCUT2D eigenvalue weighted by molar-refractivity contribution is -0.137. The number of carboxylic acids is 1. The molecular formula is C11H24ClNO3. The van der Waals surface area contributed by atoms with E-state index >= 15 is 0 Å². The number of carboxylic acid groups (broad SMARTS) is 1. The topological polar surface area (TPSA) is 49.8 Å². The molecule has 16 heavy (non-hydrogen) atoms. The normalized spacial score (nSPS) is 10.2. The maximum Gasteiger partial charge on any atom is 0.303 e. The van der Waals surface area contributed by atoms with E-state index in [4.69, 9.17) is 9.84 Å². The van der Waals surface area contributed by atoms with Crippen molar-refractivity contribution in [2.45, 2.75) is 33.1 Å². The van der Waals surface area contributed by atoms with E-state index in [1.165, 1.54) is 0 Å². The summed E-state index contributed by atoms with van der Waals surface area (Å²) in [6.07, 6.45) is 2.00. The minimum Gasteiger partial charge on any atom is -0.481 e. The van der Waals surface area contributed by atoms with Gasteiger partial charge < -0.3 is 14.7 Å². The standard InChI is InChI=1S/C11H23NO3.ClH/c1-3-12(9-10-15-4-2)8-6-5-7-11(13)14;/h3-10H2,1-2H3,(H,13,14);1H. The van der Waals surface area contributed by atoms with Gasteiger partial charge in [0.05, 0.1) is 6.61 Å². The average Bonchev–Trinajstić information content (AvgIpc) is 2.21. The molecule has 0 saturated heterocycles. The summed E-state index contributed by atoms with van der Waals surface area (Å²) in [5, 5.41) is 8.48. The fourth-order valence-electron chi connectivity index (χ4n) is 1.38. The van der Waals surface area contributed by atoms with Crippen molar-refractivity contribution in [1.82, 2.24) is 4.90 Å². The van der Waals surface area contributed by atoms with Crippen molar-refractivity contribution in [3.05, 3.63) is 0 Å². The first-order valence-electron chi connectivity index (χ1n) is 5.72. The largest absolute Gasteiger partial charge is 0.481 e. The van der Waals surface area contributed by atoms with Crippen LogP contribution < -0.4 is 0 Å². The molecule has 0 spiro atoms. The van der Waals surface area contributed by atoms with Gasteiger partial charge in [-0.2, -0.15) is 0 Å². The van der Waals surface area contributed by atoms with Crippen molar-refractivity contribution < 1.29 is 14.6 Å². The second-order valence-electron chi connectivity index (χ2n) is 3.48. The van der Waals surface area contributed by atoms with Crippen LogP contribution in [0.1, 0.15) is 33.1 Å². The first-order chi connectivity index (χ1) is 7.20. The third kappa shape index (κ3) is 11.8. The van der Waals surface area contributed by atoms with Crippen LogP contribution in [0.3, 0.4) is 0 Å². The number of aliphatic carboxylic acids is 1. The molecule has 0 aromatic rings. The van der Waals surface area contributed by atoms with Gasteiger partial charge in [0.15, 0.2) is 0 Å². The van der Waals surface area contributed by atoms with Gasteiger partial charge in [-0.25, -0.2) is 0 Å². The minimum absolute atomic E-state index is 0. The van der Waals surface area contributed by atoms with Crippen LogP contribution in [0, 0.1) is 0 Å². The Labute approximate surface area is 104 Å². The quantitative estimate of drug-likeness (QED) is 0.605. The Morgan fingerprint density at radius 2 is 1.94 bits per heavy atom. The maximum absolute atomic E-state index is 10.3. The zero-order chi connectivity index (χ0) is 11.5. The second-order valence-corrected chi connectivity index (χ2v) is 3.48. The Balaban J connectivity index is 0. The van der Waals surface area contributed by atoms with E-state index in [0.29, 0.717) is 0 Å². The van der Waals surface area contributed by atoms with Crippen LogP contribution in [-0.2, 0) is 9.53 Å². The Bertz CT molecular complexity index is 167. The highest BCUT2D eigenvalue weighted by Crippen LogP contribution is 1.99. The molecule has 5 heteroatoms. The number of carbonyl (C=O) groups is 1. The molecule has 0 unspecified atom stereocenters. The van der Waals surface area contributed by atoms with E-state index in [9.17, 15) is 4.79 Å². The second kappa shape index (κ2) is 12.7. The Morgan fingerprint density at radius 1 is 1.25 bits per heavy atom. The zero-order valence-corrected chi connectivity index (χ0v) is 11.1. The highest BCUT2D eigenvalue weighted by molar-refractivity contribution is 5.85. The van der Waals surface area contributed by atoms with E-state index in [-0.39, 0.29) is 18.8 Å². The van der Waals surface area contributed by atoms with Gasteiger partial charge in [0.1, 0.15) is 0 Å². The lowest BCUT2D eigenvalue weighted by atomic mass is 10.2. The molecular weight excluding hydrogens is 230 g/mol. The summed E-state index contributed by atoms with van der Waals surface area (Å²) in [7, 11) is 0. The number of likely N-dealkylation sites (N-methyl/N-ethyl adjacent to an activating group) is 1. The van der Waals surface area contributed by atoms with Gasteiger partial charge in [0, 0.05) is 19.6 Å². The number of unbranched alkanes of at least 4 members (excludes halogenated alkanes) is 1. The van der Waals surface area contributed by atoms with Gasteiger partial charge in [0.2, 0.25) is 0 Å². The van der Waals surface area contributed by atoms with Crippen molar-refractivity contribution in [2.24, 2.45) is 0 Å². The van der Waals surface area contributed by atoms with E-state index in [1.54, 1.807) is 0 Å². The minimum atomic E-state index is -0.702. The summed E-state index contributed by atoms with van der Waals surface area (Å²) in [5.74, 6) is -0.702. The number of hydrogen-bond acceptors (Lipinski definition) is 3. The summed E-state index contributed by atoms with van der Waals surface area (Å²) in [6, 6.07) is 0. The molecule has 0 aromatic heterocycles. The molecule has 0 aromatic carbocycles. The fraction of sp³-hybridized carbons (Fsp3) is 0.909. The first kappa shape index (κ1) is 18.1. The van der Waals surface area contributed by atoms with Crippen LogP contribution in [0.2, 0.25) is 0 Å². The summed E-state index contributed by atoms with van der Waals surface area (Å²) < 4.78 is 5.27. The fourth-order valence-corrected chi connectivity index (χ4v) is 1.38. The smallest absolute Gasteiger partial charge is 0.303 e. The molecule has 4 nitrogen and oxygen atoms in total. The van der Waals surface area contributed by atoms with Crippen molar-refractivity contribution in [1.29, 1.82) is 0 Å². The predicted octanol–water partition coefficient (Wildman–Crippen LogP) is 2.02. The number of ether oxygens (including phenoxy) is 1. The zero-order valence-electron chi connectivity index (χ0n) is 10.3. The highest BCUT2D eigenvalue weighted by Gasteiger charge is 2.02. The molecule has 0 aliphatic rings. The highest BCUT2D eigenvalue weighted by atomic mass is 35.5. The number of hydrogen-bond donors (Lipinski definition) is 1. The van der Waals surface area contributed by atoms with Gasteiger partial charge >= 0.3 is 5.97 Å². The molecule has 0 aliphatic heterocycles. The third-order valence-corrected chi connectivity index (χ3v) is 2.32. The number of halogens is 1. The van der Waals surface area contributed by atoms with Crippen LogP contribution in [0.25, 0.3) is 0 Å². The Kier molecular flexibility index (Phi) is 14.4. The maximum atomic E-state index is 10.3. The van der Waals surface area contributed by atoms with Gasteiger partial charge in [-0.1, -0.05) is 6.92 Å². The molecule has 0 saturated carbocycles. The van der Waals surface area contributed by atoms with Crippen molar-refractivity contribution >= 4 is 18.4 Å². The van der Waals surface area contributed by atoms with Crippen LogP contribution in [0.4, 0.5) is 0 Å². The van der Waals surface area contributed by atoms with Crippen molar-refractivity contribution in [2.75, 3.05) is 32.8 Å². The molecule has 98 valence electrons. The average molecular weight is 254 g/mol. The summed E-state index contributed by atoms with van der Waals surface area (Å²) in [6.45, 7) is 8.54. The Morgan fingerprint density at radius 3 is 2.44 bits per heavy atom. The molecule has 0 bridgehead atoms. The Hall–Kier alpha value is -0.320.